The molecule has 0 spiro atoms. The molecule has 0 radical (unpaired) electrons. The molecule has 21 heavy (non-hydrogen) atoms. The van der Waals surface area contributed by atoms with E-state index in [0.717, 1.165) is 0 Å². The molecule has 0 aliphatic carbocycles. The molecule has 0 amide bonds. The van der Waals surface area contributed by atoms with E-state index in [2.05, 4.69) is 0 Å². The highest BCUT2D eigenvalue weighted by Crippen LogP contribution is 2.27. The number of nitro benzene ring substituents is 1. The summed E-state index contributed by atoms with van der Waals surface area (Å²) in [5, 5.41) is 20.3. The summed E-state index contributed by atoms with van der Waals surface area (Å²) < 4.78 is 18.7. The van der Waals surface area contributed by atoms with Crippen LogP contribution in [0.2, 0.25) is 0 Å². The van der Waals surface area contributed by atoms with E-state index in [9.17, 15) is 19.6 Å². The highest BCUT2D eigenvalue weighted by atomic mass is 19.1. The van der Waals surface area contributed by atoms with E-state index in [0.29, 0.717) is 11.1 Å². The molecule has 1 unspecified atom stereocenters. The monoisotopic (exact) mass is 291 g/mol. The number of halogens is 1. The molecule has 0 aromatic heterocycles. The van der Waals surface area contributed by atoms with Gasteiger partial charge in [0.25, 0.3) is 5.69 Å². The second-order valence-corrected chi connectivity index (χ2v) is 4.57. The number of aliphatic hydroxyl groups is 1. The van der Waals surface area contributed by atoms with Crippen molar-refractivity contribution < 1.29 is 19.2 Å². The second kappa shape index (κ2) is 6.32. The number of hydrogen-bond acceptors (Lipinski definition) is 4. The molecular formula is C15H14FNO4. The minimum atomic E-state index is -0.800. The van der Waals surface area contributed by atoms with E-state index in [1.807, 2.05) is 0 Å². The standard InChI is InChI=1S/C15H14FNO4/c1-10(18)14-6-5-12(16)8-15(14)21-9-11-3-2-4-13(7-11)17(19)20/h2-8,10,18H,9H2,1H3. The molecular weight excluding hydrogens is 277 g/mol. The summed E-state index contributed by atoms with van der Waals surface area (Å²) in [5.74, 6) is -0.259. The summed E-state index contributed by atoms with van der Waals surface area (Å²) in [6, 6.07) is 9.87. The molecule has 0 aliphatic heterocycles. The SMILES string of the molecule is CC(O)c1ccc(F)cc1OCc1cccc([N+](=O)[O-])c1. The number of rotatable bonds is 5. The zero-order chi connectivity index (χ0) is 15.4. The lowest BCUT2D eigenvalue weighted by Gasteiger charge is -2.13. The molecule has 5 nitrogen and oxygen atoms in total. The van der Waals surface area contributed by atoms with Crippen molar-refractivity contribution in [2.45, 2.75) is 19.6 Å². The van der Waals surface area contributed by atoms with E-state index in [-0.39, 0.29) is 18.0 Å². The van der Waals surface area contributed by atoms with Gasteiger partial charge in [0.2, 0.25) is 0 Å². The van der Waals surface area contributed by atoms with Crippen molar-refractivity contribution in [3.63, 3.8) is 0 Å². The average Bonchev–Trinajstić information content (AvgIpc) is 2.45. The Morgan fingerprint density at radius 1 is 1.33 bits per heavy atom. The highest BCUT2D eigenvalue weighted by Gasteiger charge is 2.11. The van der Waals surface area contributed by atoms with Crippen LogP contribution in [-0.2, 0) is 6.61 Å². The van der Waals surface area contributed by atoms with Gasteiger partial charge in [-0.3, -0.25) is 10.1 Å². The van der Waals surface area contributed by atoms with Crippen LogP contribution in [0.25, 0.3) is 0 Å². The van der Waals surface area contributed by atoms with Gasteiger partial charge in [-0.1, -0.05) is 12.1 Å². The van der Waals surface area contributed by atoms with Gasteiger partial charge in [-0.05, 0) is 24.6 Å². The first-order chi connectivity index (χ1) is 9.97. The Labute approximate surface area is 120 Å². The number of benzene rings is 2. The Balaban J connectivity index is 2.18. The highest BCUT2D eigenvalue weighted by molar-refractivity contribution is 5.37. The Morgan fingerprint density at radius 3 is 2.76 bits per heavy atom. The third-order valence-electron chi connectivity index (χ3n) is 2.94. The predicted molar refractivity (Wildman–Crippen MR) is 74.5 cm³/mol. The summed E-state index contributed by atoms with van der Waals surface area (Å²) in [6.45, 7) is 1.60. The van der Waals surface area contributed by atoms with Crippen LogP contribution in [0.3, 0.4) is 0 Å². The van der Waals surface area contributed by atoms with E-state index in [1.165, 1.54) is 30.3 Å². The predicted octanol–water partition coefficient (Wildman–Crippen LogP) is 3.37. The first-order valence-electron chi connectivity index (χ1n) is 6.31. The van der Waals surface area contributed by atoms with Crippen molar-refractivity contribution in [3.8, 4) is 5.75 Å². The van der Waals surface area contributed by atoms with Gasteiger partial charge >= 0.3 is 0 Å². The molecule has 110 valence electrons. The van der Waals surface area contributed by atoms with Crippen LogP contribution >= 0.6 is 0 Å². The van der Waals surface area contributed by atoms with Crippen LogP contribution in [0.15, 0.2) is 42.5 Å². The van der Waals surface area contributed by atoms with Gasteiger partial charge in [-0.25, -0.2) is 4.39 Å². The van der Waals surface area contributed by atoms with Crippen LogP contribution in [0.5, 0.6) is 5.75 Å². The Bertz CT molecular complexity index is 658. The maximum atomic E-state index is 13.3. The molecule has 0 aliphatic rings. The first-order valence-corrected chi connectivity index (χ1v) is 6.31. The van der Waals surface area contributed by atoms with Gasteiger partial charge in [0.15, 0.2) is 0 Å². The van der Waals surface area contributed by atoms with Crippen molar-refractivity contribution in [1.29, 1.82) is 0 Å². The molecule has 0 heterocycles. The first kappa shape index (κ1) is 14.9. The lowest BCUT2D eigenvalue weighted by molar-refractivity contribution is -0.384. The van der Waals surface area contributed by atoms with Crippen molar-refractivity contribution in [1.82, 2.24) is 0 Å². The fourth-order valence-corrected chi connectivity index (χ4v) is 1.90. The summed E-state index contributed by atoms with van der Waals surface area (Å²) in [5.41, 5.74) is 1.01. The molecule has 6 heteroatoms. The Kier molecular flexibility index (Phi) is 4.49. The van der Waals surface area contributed by atoms with Gasteiger partial charge < -0.3 is 9.84 Å². The number of non-ortho nitro benzene ring substituents is 1. The van der Waals surface area contributed by atoms with Crippen molar-refractivity contribution in [3.05, 3.63) is 69.5 Å². The lowest BCUT2D eigenvalue weighted by Crippen LogP contribution is -2.02. The van der Waals surface area contributed by atoms with Crippen LogP contribution in [0.4, 0.5) is 10.1 Å². The minimum absolute atomic E-state index is 0.0360. The fraction of sp³-hybridized carbons (Fsp3) is 0.200. The van der Waals surface area contributed by atoms with Gasteiger partial charge in [0.05, 0.1) is 11.0 Å². The van der Waals surface area contributed by atoms with Crippen LogP contribution in [0, 0.1) is 15.9 Å². The summed E-state index contributed by atoms with van der Waals surface area (Å²) in [7, 11) is 0. The molecule has 0 fully saturated rings. The van der Waals surface area contributed by atoms with Crippen molar-refractivity contribution in [2.75, 3.05) is 0 Å². The summed E-state index contributed by atoms with van der Waals surface area (Å²) in [6.07, 6.45) is -0.800. The van der Waals surface area contributed by atoms with E-state index >= 15 is 0 Å². The van der Waals surface area contributed by atoms with E-state index in [1.54, 1.807) is 19.1 Å². The van der Waals surface area contributed by atoms with Crippen LogP contribution in [-0.4, -0.2) is 10.0 Å². The number of hydrogen-bond donors (Lipinski definition) is 1. The molecule has 1 atom stereocenters. The number of ether oxygens (including phenoxy) is 1. The topological polar surface area (TPSA) is 72.6 Å². The molecule has 2 rings (SSSR count). The second-order valence-electron chi connectivity index (χ2n) is 4.57. The zero-order valence-electron chi connectivity index (χ0n) is 11.3. The molecule has 0 saturated heterocycles. The smallest absolute Gasteiger partial charge is 0.269 e. The Morgan fingerprint density at radius 2 is 2.10 bits per heavy atom. The summed E-state index contributed by atoms with van der Waals surface area (Å²) in [4.78, 5) is 10.2. The van der Waals surface area contributed by atoms with Crippen LogP contribution < -0.4 is 4.74 Å². The van der Waals surface area contributed by atoms with Crippen molar-refractivity contribution in [2.24, 2.45) is 0 Å². The molecule has 1 N–H and O–H groups in total. The number of aliphatic hydroxyl groups excluding tert-OH is 1. The van der Waals surface area contributed by atoms with Gasteiger partial charge in [-0.2, -0.15) is 0 Å². The van der Waals surface area contributed by atoms with E-state index in [4.69, 9.17) is 4.74 Å². The van der Waals surface area contributed by atoms with Gasteiger partial charge in [0, 0.05) is 23.8 Å². The van der Waals surface area contributed by atoms with E-state index < -0.39 is 16.8 Å². The van der Waals surface area contributed by atoms with Crippen molar-refractivity contribution >= 4 is 5.69 Å². The maximum Gasteiger partial charge on any atom is 0.269 e. The zero-order valence-corrected chi connectivity index (χ0v) is 11.3. The normalized spacial score (nSPS) is 12.0. The van der Waals surface area contributed by atoms with Gasteiger partial charge in [-0.15, -0.1) is 0 Å². The third kappa shape index (κ3) is 3.76. The number of nitro groups is 1. The third-order valence-corrected chi connectivity index (χ3v) is 2.94. The molecule has 2 aromatic carbocycles. The molecule has 0 bridgehead atoms. The Hall–Kier alpha value is -2.47. The average molecular weight is 291 g/mol. The summed E-state index contributed by atoms with van der Waals surface area (Å²) >= 11 is 0. The molecule has 0 saturated carbocycles. The fourth-order valence-electron chi connectivity index (χ4n) is 1.90. The number of nitrogens with zero attached hydrogens (tertiary/aromatic N) is 1. The van der Waals surface area contributed by atoms with Gasteiger partial charge in [0.1, 0.15) is 18.2 Å². The maximum absolute atomic E-state index is 13.3. The lowest BCUT2D eigenvalue weighted by atomic mass is 10.1. The minimum Gasteiger partial charge on any atom is -0.488 e. The molecule has 2 aromatic rings. The van der Waals surface area contributed by atoms with Crippen LogP contribution in [0.1, 0.15) is 24.2 Å². The largest absolute Gasteiger partial charge is 0.488 e. The quantitative estimate of drug-likeness (QED) is 0.677.